The van der Waals surface area contributed by atoms with Crippen molar-refractivity contribution in [3.05, 3.63) is 36.0 Å². The van der Waals surface area contributed by atoms with Crippen molar-refractivity contribution in [1.29, 1.82) is 0 Å². The predicted octanol–water partition coefficient (Wildman–Crippen LogP) is 3.12. The topological polar surface area (TPSA) is 36.4 Å². The lowest BCUT2D eigenvalue weighted by molar-refractivity contribution is -0.119. The van der Waals surface area contributed by atoms with Crippen molar-refractivity contribution in [2.75, 3.05) is 18.0 Å². The molecule has 108 valence electrons. The first-order chi connectivity index (χ1) is 9.46. The van der Waals surface area contributed by atoms with Crippen LogP contribution in [0.3, 0.4) is 0 Å². The van der Waals surface area contributed by atoms with Crippen LogP contribution >= 0.6 is 0 Å². The highest BCUT2D eigenvalue weighted by Crippen LogP contribution is 2.29. The van der Waals surface area contributed by atoms with E-state index >= 15 is 0 Å². The van der Waals surface area contributed by atoms with E-state index in [1.807, 2.05) is 0 Å². The lowest BCUT2D eigenvalue weighted by Crippen LogP contribution is -2.34. The van der Waals surface area contributed by atoms with E-state index in [-0.39, 0.29) is 19.0 Å². The first-order valence-electron chi connectivity index (χ1n) is 6.25. The molecule has 2 aromatic rings. The molecule has 0 unspecified atom stereocenters. The minimum atomic E-state index is -4.28. The summed E-state index contributed by atoms with van der Waals surface area (Å²) in [5.41, 5.74) is 0.604. The number of aliphatic hydroxyl groups excluding tert-OH is 1. The normalized spacial score (nSPS) is 11.8. The molecule has 0 fully saturated rings. The molecule has 3 nitrogen and oxygen atoms in total. The summed E-state index contributed by atoms with van der Waals surface area (Å²) >= 11 is 0. The van der Waals surface area contributed by atoms with Crippen LogP contribution in [0.2, 0.25) is 0 Å². The molecule has 1 N–H and O–H groups in total. The second-order valence-electron chi connectivity index (χ2n) is 4.44. The summed E-state index contributed by atoms with van der Waals surface area (Å²) < 4.78 is 37.8. The first kappa shape index (κ1) is 14.6. The number of aliphatic hydroxyl groups is 1. The average Bonchev–Trinajstić information content (AvgIpc) is 2.42. The quantitative estimate of drug-likeness (QED) is 0.937. The van der Waals surface area contributed by atoms with Gasteiger partial charge in [-0.1, -0.05) is 24.3 Å². The highest BCUT2D eigenvalue weighted by atomic mass is 19.4. The third-order valence-corrected chi connectivity index (χ3v) is 3.08. The maximum atomic E-state index is 12.6. The Hall–Kier alpha value is -1.82. The van der Waals surface area contributed by atoms with Crippen LogP contribution in [0.25, 0.3) is 10.8 Å². The largest absolute Gasteiger partial charge is 0.405 e. The summed E-state index contributed by atoms with van der Waals surface area (Å²) in [7, 11) is 0. The number of alkyl halides is 3. The zero-order chi connectivity index (χ0) is 14.8. The number of hydrogen-bond donors (Lipinski definition) is 1. The van der Waals surface area contributed by atoms with Gasteiger partial charge in [-0.05, 0) is 12.3 Å². The lowest BCUT2D eigenvalue weighted by Gasteiger charge is -2.25. The van der Waals surface area contributed by atoms with E-state index in [9.17, 15) is 18.3 Å². The van der Waals surface area contributed by atoms with Gasteiger partial charge in [0, 0.05) is 23.7 Å². The number of aromatic nitrogens is 1. The highest BCUT2D eigenvalue weighted by molar-refractivity contribution is 5.94. The first-order valence-corrected chi connectivity index (χ1v) is 6.25. The highest BCUT2D eigenvalue weighted by Gasteiger charge is 2.31. The molecule has 0 aliphatic carbocycles. The van der Waals surface area contributed by atoms with Crippen LogP contribution in [0.5, 0.6) is 0 Å². The average molecular weight is 284 g/mol. The number of hydrogen-bond acceptors (Lipinski definition) is 3. The molecule has 2 rings (SSSR count). The van der Waals surface area contributed by atoms with Crippen molar-refractivity contribution in [1.82, 2.24) is 4.98 Å². The number of halogens is 3. The summed E-state index contributed by atoms with van der Waals surface area (Å²) in [5, 5.41) is 10.6. The summed E-state index contributed by atoms with van der Waals surface area (Å²) in [6.45, 7) is 0.620. The van der Waals surface area contributed by atoms with Gasteiger partial charge < -0.3 is 10.0 Å². The Morgan fingerprint density at radius 2 is 1.85 bits per heavy atom. The van der Waals surface area contributed by atoms with Crippen LogP contribution in [0.4, 0.5) is 19.0 Å². The minimum absolute atomic E-state index is 0.195. The standard InChI is InChI=1S/C14H15F3N2O/c1-2-19(9-14(15,16)17)13-12-6-4-3-5-11(12)10(8-20)7-18-13/h3-7,20H,2,8-9H2,1H3. The Balaban J connectivity index is 2.53. The number of anilines is 1. The van der Waals surface area contributed by atoms with Crippen LogP contribution in [-0.4, -0.2) is 29.4 Å². The molecule has 0 saturated heterocycles. The molecule has 0 spiro atoms. The van der Waals surface area contributed by atoms with Crippen LogP contribution in [-0.2, 0) is 6.61 Å². The minimum Gasteiger partial charge on any atom is -0.392 e. The fraction of sp³-hybridized carbons (Fsp3) is 0.357. The second kappa shape index (κ2) is 5.66. The van der Waals surface area contributed by atoms with Gasteiger partial charge in [0.2, 0.25) is 0 Å². The molecule has 20 heavy (non-hydrogen) atoms. The molecule has 6 heteroatoms. The monoisotopic (exact) mass is 284 g/mol. The number of fused-ring (bicyclic) bond motifs is 1. The Morgan fingerprint density at radius 1 is 1.20 bits per heavy atom. The maximum absolute atomic E-state index is 12.6. The van der Waals surface area contributed by atoms with Crippen LogP contribution in [0.1, 0.15) is 12.5 Å². The van der Waals surface area contributed by atoms with E-state index in [1.54, 1.807) is 31.2 Å². The fourth-order valence-corrected chi connectivity index (χ4v) is 2.17. The van der Waals surface area contributed by atoms with Crippen LogP contribution in [0.15, 0.2) is 30.5 Å². The molecule has 0 saturated carbocycles. The third-order valence-electron chi connectivity index (χ3n) is 3.08. The van der Waals surface area contributed by atoms with E-state index in [1.165, 1.54) is 11.1 Å². The van der Waals surface area contributed by atoms with Gasteiger partial charge in [0.05, 0.1) is 6.61 Å². The summed E-state index contributed by atoms with van der Waals surface area (Å²) in [5.74, 6) is 0.289. The van der Waals surface area contributed by atoms with Gasteiger partial charge in [-0.2, -0.15) is 13.2 Å². The molecule has 0 amide bonds. The molecule has 0 atom stereocenters. The molecular weight excluding hydrogens is 269 g/mol. The molecule has 1 heterocycles. The summed E-state index contributed by atoms with van der Waals surface area (Å²) in [4.78, 5) is 5.28. The third kappa shape index (κ3) is 3.01. The lowest BCUT2D eigenvalue weighted by atomic mass is 10.1. The fourth-order valence-electron chi connectivity index (χ4n) is 2.17. The zero-order valence-electron chi connectivity index (χ0n) is 11.0. The van der Waals surface area contributed by atoms with E-state index in [0.29, 0.717) is 10.9 Å². The van der Waals surface area contributed by atoms with Gasteiger partial charge in [-0.3, -0.25) is 0 Å². The molecule has 0 bridgehead atoms. The van der Waals surface area contributed by atoms with E-state index in [2.05, 4.69) is 4.98 Å². The summed E-state index contributed by atoms with van der Waals surface area (Å²) in [6, 6.07) is 7.02. The Kier molecular flexibility index (Phi) is 4.13. The number of pyridine rings is 1. The smallest absolute Gasteiger partial charge is 0.392 e. The van der Waals surface area contributed by atoms with Gasteiger partial charge in [-0.15, -0.1) is 0 Å². The van der Waals surface area contributed by atoms with Crippen molar-refractivity contribution in [2.45, 2.75) is 19.7 Å². The number of rotatable bonds is 4. The van der Waals surface area contributed by atoms with Gasteiger partial charge in [0.15, 0.2) is 0 Å². The van der Waals surface area contributed by atoms with Gasteiger partial charge in [0.1, 0.15) is 12.4 Å². The molecule has 1 aromatic carbocycles. The zero-order valence-corrected chi connectivity index (χ0v) is 11.0. The van der Waals surface area contributed by atoms with Crippen LogP contribution in [0, 0.1) is 0 Å². The summed E-state index contributed by atoms with van der Waals surface area (Å²) in [6.07, 6.45) is -2.86. The number of benzene rings is 1. The number of nitrogens with zero attached hydrogens (tertiary/aromatic N) is 2. The van der Waals surface area contributed by atoms with E-state index < -0.39 is 12.7 Å². The second-order valence-corrected chi connectivity index (χ2v) is 4.44. The molecule has 0 aliphatic rings. The van der Waals surface area contributed by atoms with E-state index in [0.717, 1.165) is 5.39 Å². The Bertz CT molecular complexity index is 598. The van der Waals surface area contributed by atoms with Gasteiger partial charge >= 0.3 is 6.18 Å². The maximum Gasteiger partial charge on any atom is 0.405 e. The van der Waals surface area contributed by atoms with Gasteiger partial charge in [-0.25, -0.2) is 4.98 Å². The molecule has 0 radical (unpaired) electrons. The molecule has 0 aliphatic heterocycles. The van der Waals surface area contributed by atoms with Crippen molar-refractivity contribution in [3.63, 3.8) is 0 Å². The molecular formula is C14H15F3N2O. The van der Waals surface area contributed by atoms with Gasteiger partial charge in [0.25, 0.3) is 0 Å². The van der Waals surface area contributed by atoms with Crippen molar-refractivity contribution >= 4 is 16.6 Å². The Morgan fingerprint density at radius 3 is 2.40 bits per heavy atom. The van der Waals surface area contributed by atoms with Crippen molar-refractivity contribution < 1.29 is 18.3 Å². The van der Waals surface area contributed by atoms with Crippen molar-refractivity contribution in [2.24, 2.45) is 0 Å². The van der Waals surface area contributed by atoms with Crippen molar-refractivity contribution in [3.8, 4) is 0 Å². The Labute approximate surface area is 114 Å². The predicted molar refractivity (Wildman–Crippen MR) is 71.6 cm³/mol. The SMILES string of the molecule is CCN(CC(F)(F)F)c1ncc(CO)c2ccccc12. The van der Waals surface area contributed by atoms with Crippen LogP contribution < -0.4 is 4.90 Å². The molecule has 1 aromatic heterocycles. The van der Waals surface area contributed by atoms with E-state index in [4.69, 9.17) is 0 Å².